The maximum atomic E-state index is 6.05. The summed E-state index contributed by atoms with van der Waals surface area (Å²) >= 11 is 4.19. The molecule has 0 amide bonds. The molecule has 1 aliphatic rings. The third-order valence-electron chi connectivity index (χ3n) is 4.41. The van der Waals surface area contributed by atoms with Crippen LogP contribution in [0.3, 0.4) is 0 Å². The average Bonchev–Trinajstić information content (AvgIpc) is 2.55. The fourth-order valence-electron chi connectivity index (χ4n) is 3.05. The van der Waals surface area contributed by atoms with Crippen molar-refractivity contribution in [3.05, 3.63) is 29.8 Å². The predicted octanol–water partition coefficient (Wildman–Crippen LogP) is 5.63. The van der Waals surface area contributed by atoms with Crippen molar-refractivity contribution in [1.82, 2.24) is 3.53 Å². The third-order valence-corrected chi connectivity index (χ3v) is 5.40. The Bertz CT molecular complexity index is 438. The molecule has 2 atom stereocenters. The molecule has 0 bridgehead atoms. The van der Waals surface area contributed by atoms with Gasteiger partial charge in [-0.15, -0.1) is 0 Å². The Morgan fingerprint density at radius 2 is 2.05 bits per heavy atom. The van der Waals surface area contributed by atoms with Gasteiger partial charge in [0.2, 0.25) is 0 Å². The number of benzene rings is 1. The molecule has 0 aromatic heterocycles. The maximum absolute atomic E-state index is 6.05. The smallest absolute Gasteiger partial charge is 0.119 e. The zero-order valence-electron chi connectivity index (χ0n) is 13.1. The van der Waals surface area contributed by atoms with E-state index >= 15 is 0 Å². The van der Waals surface area contributed by atoms with Crippen LogP contribution >= 0.6 is 45.9 Å². The van der Waals surface area contributed by atoms with Crippen LogP contribution in [0.4, 0.5) is 0 Å². The Balaban J connectivity index is 1.95. The Hall–Kier alpha value is 0.400. The van der Waals surface area contributed by atoms with E-state index in [2.05, 4.69) is 57.6 Å². The standard InChI is InChI=1S/C17H25I2NO2/c1-13(11-20-18)17(22-19)15-8-5-9-16(10-15)21-12-14-6-3-2-4-7-14/h5,8-10,13-14,17,20H,2-4,6-7,11-12H2,1H3/t13-,17+/m1/s1. The molecule has 5 heteroatoms. The quantitative estimate of drug-likeness (QED) is 0.350. The summed E-state index contributed by atoms with van der Waals surface area (Å²) < 4.78 is 14.9. The Morgan fingerprint density at radius 3 is 2.73 bits per heavy atom. The molecular formula is C17H25I2NO2. The van der Waals surface area contributed by atoms with Crippen LogP contribution in [-0.4, -0.2) is 13.2 Å². The van der Waals surface area contributed by atoms with Crippen LogP contribution in [0.2, 0.25) is 0 Å². The molecule has 22 heavy (non-hydrogen) atoms. The van der Waals surface area contributed by atoms with Crippen molar-refractivity contribution in [3.8, 4) is 5.75 Å². The molecule has 0 saturated heterocycles. The lowest BCUT2D eigenvalue weighted by molar-refractivity contribution is 0.201. The number of rotatable bonds is 8. The van der Waals surface area contributed by atoms with Crippen LogP contribution in [0.1, 0.15) is 50.7 Å². The maximum Gasteiger partial charge on any atom is 0.119 e. The van der Waals surface area contributed by atoms with Crippen molar-refractivity contribution >= 4 is 45.9 Å². The molecule has 1 fully saturated rings. The lowest BCUT2D eigenvalue weighted by Crippen LogP contribution is -2.19. The Morgan fingerprint density at radius 1 is 1.27 bits per heavy atom. The van der Waals surface area contributed by atoms with Gasteiger partial charge < -0.3 is 7.80 Å². The number of halogens is 2. The second kappa shape index (κ2) is 10.3. The summed E-state index contributed by atoms with van der Waals surface area (Å²) in [5.41, 5.74) is 1.19. The van der Waals surface area contributed by atoms with Crippen LogP contribution in [0.5, 0.6) is 5.75 Å². The molecule has 3 nitrogen and oxygen atoms in total. The van der Waals surface area contributed by atoms with Crippen LogP contribution < -0.4 is 8.27 Å². The summed E-state index contributed by atoms with van der Waals surface area (Å²) in [6.07, 6.45) is 6.83. The molecular weight excluding hydrogens is 504 g/mol. The average molecular weight is 529 g/mol. The minimum Gasteiger partial charge on any atom is -0.493 e. The molecule has 1 N–H and O–H groups in total. The first-order valence-electron chi connectivity index (χ1n) is 8.08. The van der Waals surface area contributed by atoms with Gasteiger partial charge in [0.1, 0.15) is 28.8 Å². The van der Waals surface area contributed by atoms with Gasteiger partial charge in [-0.25, -0.2) is 0 Å². The van der Waals surface area contributed by atoms with Gasteiger partial charge in [-0.05, 0) is 36.5 Å². The van der Waals surface area contributed by atoms with Crippen molar-refractivity contribution in [2.45, 2.75) is 45.1 Å². The van der Waals surface area contributed by atoms with E-state index < -0.39 is 0 Å². The number of hydrogen-bond donors (Lipinski definition) is 1. The van der Waals surface area contributed by atoms with E-state index in [1.807, 2.05) is 23.0 Å². The van der Waals surface area contributed by atoms with Crippen LogP contribution in [0.25, 0.3) is 0 Å². The Kier molecular flexibility index (Phi) is 8.77. The molecule has 2 rings (SSSR count). The second-order valence-electron chi connectivity index (χ2n) is 6.21. The van der Waals surface area contributed by atoms with Crippen molar-refractivity contribution in [1.29, 1.82) is 0 Å². The summed E-state index contributed by atoms with van der Waals surface area (Å²) in [6.45, 7) is 3.97. The van der Waals surface area contributed by atoms with Gasteiger partial charge in [-0.2, -0.15) is 0 Å². The highest BCUT2D eigenvalue weighted by atomic mass is 127. The summed E-state index contributed by atoms with van der Waals surface area (Å²) in [6, 6.07) is 8.38. The van der Waals surface area contributed by atoms with Crippen molar-refractivity contribution in [2.24, 2.45) is 11.8 Å². The first kappa shape index (κ1) is 18.7. The fourth-order valence-corrected chi connectivity index (χ4v) is 4.54. The van der Waals surface area contributed by atoms with Gasteiger partial charge in [0, 0.05) is 35.3 Å². The largest absolute Gasteiger partial charge is 0.493 e. The molecule has 0 unspecified atom stereocenters. The summed E-state index contributed by atoms with van der Waals surface area (Å²) in [5.74, 6) is 2.11. The predicted molar refractivity (Wildman–Crippen MR) is 108 cm³/mol. The van der Waals surface area contributed by atoms with Crippen molar-refractivity contribution < 1.29 is 7.80 Å². The third kappa shape index (κ3) is 5.79. The minimum absolute atomic E-state index is 0.0843. The van der Waals surface area contributed by atoms with Gasteiger partial charge in [0.25, 0.3) is 0 Å². The summed E-state index contributed by atoms with van der Waals surface area (Å²) in [7, 11) is 0. The van der Waals surface area contributed by atoms with E-state index in [0.29, 0.717) is 5.92 Å². The minimum atomic E-state index is 0.0843. The topological polar surface area (TPSA) is 30.5 Å². The van der Waals surface area contributed by atoms with Gasteiger partial charge in [-0.3, -0.25) is 3.53 Å². The highest BCUT2D eigenvalue weighted by Gasteiger charge is 2.20. The van der Waals surface area contributed by atoms with Crippen molar-refractivity contribution in [2.75, 3.05) is 13.2 Å². The molecule has 0 spiro atoms. The first-order valence-corrected chi connectivity index (χ1v) is 10.0. The number of hydrogen-bond acceptors (Lipinski definition) is 3. The molecule has 1 aromatic rings. The molecule has 0 radical (unpaired) electrons. The molecule has 1 saturated carbocycles. The lowest BCUT2D eigenvalue weighted by atomic mass is 9.90. The van der Waals surface area contributed by atoms with E-state index in [1.54, 1.807) is 0 Å². The highest BCUT2D eigenvalue weighted by molar-refractivity contribution is 14.1. The number of nitrogens with one attached hydrogen (secondary N) is 1. The van der Waals surface area contributed by atoms with Crippen LogP contribution in [0.15, 0.2) is 24.3 Å². The Labute approximate surface area is 162 Å². The van der Waals surface area contributed by atoms with Gasteiger partial charge in [0.15, 0.2) is 0 Å². The fraction of sp³-hybridized carbons (Fsp3) is 0.647. The summed E-state index contributed by atoms with van der Waals surface area (Å²) in [4.78, 5) is 0. The lowest BCUT2D eigenvalue weighted by Gasteiger charge is -2.23. The van der Waals surface area contributed by atoms with Crippen LogP contribution in [-0.2, 0) is 3.07 Å². The molecule has 124 valence electrons. The SMILES string of the molecule is C[C@H](CNI)[C@H](OI)c1cccc(OCC2CCCCC2)c1. The molecule has 0 aliphatic heterocycles. The van der Waals surface area contributed by atoms with E-state index in [4.69, 9.17) is 7.80 Å². The molecule has 1 aromatic carbocycles. The molecule has 1 aliphatic carbocycles. The van der Waals surface area contributed by atoms with Gasteiger partial charge in [-0.1, -0.05) is 38.3 Å². The van der Waals surface area contributed by atoms with Crippen LogP contribution in [0, 0.1) is 11.8 Å². The first-order chi connectivity index (χ1) is 10.7. The van der Waals surface area contributed by atoms with Gasteiger partial charge >= 0.3 is 0 Å². The number of ether oxygens (including phenoxy) is 1. The van der Waals surface area contributed by atoms with E-state index in [-0.39, 0.29) is 6.10 Å². The zero-order valence-corrected chi connectivity index (χ0v) is 17.4. The monoisotopic (exact) mass is 529 g/mol. The molecule has 0 heterocycles. The summed E-state index contributed by atoms with van der Waals surface area (Å²) in [5, 5.41) is 0. The second-order valence-corrected chi connectivity index (χ2v) is 7.48. The van der Waals surface area contributed by atoms with Gasteiger partial charge in [0.05, 0.1) is 12.7 Å². The van der Waals surface area contributed by atoms with E-state index in [9.17, 15) is 0 Å². The zero-order chi connectivity index (χ0) is 15.8. The van der Waals surface area contributed by atoms with E-state index in [1.165, 1.54) is 37.7 Å². The van der Waals surface area contributed by atoms with Crippen molar-refractivity contribution in [3.63, 3.8) is 0 Å². The van der Waals surface area contributed by atoms with E-state index in [0.717, 1.165) is 24.8 Å². The highest BCUT2D eigenvalue weighted by Crippen LogP contribution is 2.31. The normalized spacial score (nSPS) is 18.9.